The van der Waals surface area contributed by atoms with Crippen molar-refractivity contribution in [3.63, 3.8) is 0 Å². The first kappa shape index (κ1) is 15.4. The molecule has 1 aromatic carbocycles. The van der Waals surface area contributed by atoms with Crippen molar-refractivity contribution < 1.29 is 19.5 Å². The third-order valence-corrected chi connectivity index (χ3v) is 4.85. The Balaban J connectivity index is 1.64. The molecule has 2 aromatic heterocycles. The number of aromatic nitrogens is 4. The number of nitrogens with zero attached hydrogens (tertiary/aromatic N) is 4. The summed E-state index contributed by atoms with van der Waals surface area (Å²) in [4.78, 5) is 58.3. The third kappa shape index (κ3) is 2.00. The van der Waals surface area contributed by atoms with Crippen molar-refractivity contribution in [2.24, 2.45) is 0 Å². The number of aromatic carboxylic acids is 1. The first-order chi connectivity index (χ1) is 13.0. The van der Waals surface area contributed by atoms with Gasteiger partial charge in [0, 0.05) is 5.56 Å². The number of fused-ring (bicyclic) bond motifs is 3. The van der Waals surface area contributed by atoms with Gasteiger partial charge in [-0.25, -0.2) is 14.7 Å². The van der Waals surface area contributed by atoms with Crippen LogP contribution in [0.2, 0.25) is 0 Å². The number of nitrogens with one attached hydrogen (secondary N) is 1. The van der Waals surface area contributed by atoms with Crippen molar-refractivity contribution in [2.45, 2.75) is 19.3 Å². The highest BCUT2D eigenvalue weighted by Gasteiger charge is 2.39. The van der Waals surface area contributed by atoms with Gasteiger partial charge in [0.15, 0.2) is 0 Å². The molecule has 0 unspecified atom stereocenters. The highest BCUT2D eigenvalue weighted by molar-refractivity contribution is 6.34. The minimum absolute atomic E-state index is 0.0249. The fraction of sp³-hybridized carbons (Fsp3) is 0.176. The lowest BCUT2D eigenvalue weighted by atomic mass is 10.1. The number of carboxylic acid groups (broad SMARTS) is 1. The summed E-state index contributed by atoms with van der Waals surface area (Å²) in [5, 5.41) is 11.8. The van der Waals surface area contributed by atoms with Gasteiger partial charge in [-0.05, 0) is 37.5 Å². The van der Waals surface area contributed by atoms with E-state index in [4.69, 9.17) is 5.11 Å². The second-order valence-electron chi connectivity index (χ2n) is 6.39. The smallest absolute Gasteiger partial charge is 0.335 e. The summed E-state index contributed by atoms with van der Waals surface area (Å²) >= 11 is 0. The molecule has 5 rings (SSSR count). The fourth-order valence-corrected chi connectivity index (χ4v) is 3.54. The van der Waals surface area contributed by atoms with Gasteiger partial charge in [0.2, 0.25) is 5.95 Å². The maximum Gasteiger partial charge on any atom is 0.335 e. The standard InChI is InChI=1S/C17H11N5O5/c23-12-8-5-4-7(15(26)27)6-10(8)13(24)21(12)17-19-16-18-11-3-1-2-9(11)14(25)22(16)20-17/h4-6H,1-3H2,(H,26,27)(H,18,19,20). The summed E-state index contributed by atoms with van der Waals surface area (Å²) in [6.07, 6.45) is 2.17. The number of carbonyl (C=O) groups excluding carboxylic acids is 2. The molecule has 10 heteroatoms. The Hall–Kier alpha value is -3.82. The lowest BCUT2D eigenvalue weighted by Gasteiger charge is -2.08. The molecule has 2 amide bonds. The summed E-state index contributed by atoms with van der Waals surface area (Å²) in [5.74, 6) is -2.61. The summed E-state index contributed by atoms with van der Waals surface area (Å²) in [6, 6.07) is 3.70. The molecule has 0 radical (unpaired) electrons. The first-order valence-corrected chi connectivity index (χ1v) is 8.22. The topological polar surface area (TPSA) is 138 Å². The highest BCUT2D eigenvalue weighted by Crippen LogP contribution is 2.27. The van der Waals surface area contributed by atoms with Crippen molar-refractivity contribution in [1.82, 2.24) is 19.6 Å². The number of aromatic amines is 1. The van der Waals surface area contributed by atoms with E-state index in [1.807, 2.05) is 0 Å². The number of hydrogen-bond acceptors (Lipinski definition) is 6. The number of hydrogen-bond donors (Lipinski definition) is 2. The van der Waals surface area contributed by atoms with E-state index >= 15 is 0 Å². The molecule has 3 aromatic rings. The number of amides is 2. The van der Waals surface area contributed by atoms with Crippen LogP contribution in [0.25, 0.3) is 5.78 Å². The van der Waals surface area contributed by atoms with E-state index in [2.05, 4.69) is 15.1 Å². The predicted molar refractivity (Wildman–Crippen MR) is 90.2 cm³/mol. The maximum atomic E-state index is 12.7. The molecule has 2 aliphatic rings. The van der Waals surface area contributed by atoms with Gasteiger partial charge in [-0.3, -0.25) is 19.5 Å². The van der Waals surface area contributed by atoms with Crippen molar-refractivity contribution in [1.29, 1.82) is 0 Å². The zero-order valence-electron chi connectivity index (χ0n) is 13.7. The number of benzene rings is 1. The second kappa shape index (κ2) is 5.10. The summed E-state index contributed by atoms with van der Waals surface area (Å²) in [7, 11) is 0. The molecule has 27 heavy (non-hydrogen) atoms. The number of imide groups is 1. The zero-order valence-corrected chi connectivity index (χ0v) is 13.7. The monoisotopic (exact) mass is 365 g/mol. The molecule has 1 aliphatic carbocycles. The quantitative estimate of drug-likeness (QED) is 0.627. The molecule has 0 bridgehead atoms. The van der Waals surface area contributed by atoms with Crippen LogP contribution in [0.4, 0.5) is 5.95 Å². The van der Waals surface area contributed by atoms with Crippen LogP contribution in [0, 0.1) is 0 Å². The Labute approximate surface area is 150 Å². The summed E-state index contributed by atoms with van der Waals surface area (Å²) in [5.41, 5.74) is 0.950. The van der Waals surface area contributed by atoms with Crippen LogP contribution in [-0.2, 0) is 12.8 Å². The lowest BCUT2D eigenvalue weighted by Crippen LogP contribution is -2.30. The maximum absolute atomic E-state index is 12.7. The molecule has 10 nitrogen and oxygen atoms in total. The third-order valence-electron chi connectivity index (χ3n) is 4.85. The van der Waals surface area contributed by atoms with Crippen LogP contribution in [0.5, 0.6) is 0 Å². The van der Waals surface area contributed by atoms with Crippen molar-refractivity contribution in [2.75, 3.05) is 4.90 Å². The van der Waals surface area contributed by atoms with Crippen LogP contribution in [0.3, 0.4) is 0 Å². The second-order valence-corrected chi connectivity index (χ2v) is 6.39. The van der Waals surface area contributed by atoms with Crippen molar-refractivity contribution >= 4 is 29.5 Å². The normalized spacial score (nSPS) is 15.5. The van der Waals surface area contributed by atoms with Crippen molar-refractivity contribution in [3.05, 3.63) is 56.5 Å². The van der Waals surface area contributed by atoms with Gasteiger partial charge in [-0.15, -0.1) is 0 Å². The van der Waals surface area contributed by atoms with Gasteiger partial charge < -0.3 is 5.11 Å². The molecule has 0 spiro atoms. The molecule has 3 heterocycles. The van der Waals surface area contributed by atoms with Gasteiger partial charge in [-0.1, -0.05) is 0 Å². The molecule has 1 aliphatic heterocycles. The molecule has 0 atom stereocenters. The van der Waals surface area contributed by atoms with Crippen LogP contribution >= 0.6 is 0 Å². The van der Waals surface area contributed by atoms with Gasteiger partial charge in [0.05, 0.1) is 22.4 Å². The number of rotatable bonds is 2. The van der Waals surface area contributed by atoms with E-state index in [0.717, 1.165) is 21.9 Å². The largest absolute Gasteiger partial charge is 0.478 e. The number of H-pyrrole nitrogens is 1. The first-order valence-electron chi connectivity index (χ1n) is 8.22. The number of carboxylic acids is 1. The van der Waals surface area contributed by atoms with Crippen LogP contribution in [0.1, 0.15) is 48.8 Å². The minimum Gasteiger partial charge on any atom is -0.478 e. The molecular weight excluding hydrogens is 354 g/mol. The number of anilines is 1. The van der Waals surface area contributed by atoms with Gasteiger partial charge >= 0.3 is 5.97 Å². The Kier molecular flexibility index (Phi) is 2.91. The van der Waals surface area contributed by atoms with E-state index in [-0.39, 0.29) is 34.0 Å². The minimum atomic E-state index is -1.20. The van der Waals surface area contributed by atoms with E-state index in [1.165, 1.54) is 12.1 Å². The summed E-state index contributed by atoms with van der Waals surface area (Å²) < 4.78 is 1.12. The number of aryl methyl sites for hydroxylation is 1. The molecule has 134 valence electrons. The van der Waals surface area contributed by atoms with E-state index in [1.54, 1.807) is 0 Å². The average molecular weight is 365 g/mol. The van der Waals surface area contributed by atoms with Crippen LogP contribution in [0.15, 0.2) is 23.0 Å². The Morgan fingerprint density at radius 1 is 1.07 bits per heavy atom. The van der Waals surface area contributed by atoms with Gasteiger partial charge in [0.1, 0.15) is 0 Å². The van der Waals surface area contributed by atoms with Crippen LogP contribution in [-0.4, -0.2) is 42.5 Å². The van der Waals surface area contributed by atoms with Crippen LogP contribution < -0.4 is 10.5 Å². The lowest BCUT2D eigenvalue weighted by molar-refractivity contribution is 0.0696. The van der Waals surface area contributed by atoms with Gasteiger partial charge in [-0.2, -0.15) is 9.50 Å². The predicted octanol–water partition coefficient (Wildman–Crippen LogP) is 0.405. The zero-order chi connectivity index (χ0) is 18.9. The average Bonchev–Trinajstić information content (AvgIpc) is 3.33. The molecule has 2 N–H and O–H groups in total. The van der Waals surface area contributed by atoms with Crippen molar-refractivity contribution in [3.8, 4) is 0 Å². The molecule has 0 fully saturated rings. The molecular formula is C17H11N5O5. The Morgan fingerprint density at radius 2 is 1.85 bits per heavy atom. The summed E-state index contributed by atoms with van der Waals surface area (Å²) in [6.45, 7) is 0. The number of carbonyl (C=O) groups is 3. The highest BCUT2D eigenvalue weighted by atomic mass is 16.4. The SMILES string of the molecule is O=C(O)c1ccc2c(c1)C(=O)N(c1nc3nc4c(c(=O)n3[nH]1)CCC4)C2=O. The Morgan fingerprint density at radius 3 is 2.63 bits per heavy atom. The van der Waals surface area contributed by atoms with E-state index < -0.39 is 17.8 Å². The molecule has 0 saturated heterocycles. The van der Waals surface area contributed by atoms with E-state index in [9.17, 15) is 19.2 Å². The Bertz CT molecular complexity index is 1250. The van der Waals surface area contributed by atoms with E-state index in [0.29, 0.717) is 24.1 Å². The van der Waals surface area contributed by atoms with Gasteiger partial charge in [0.25, 0.3) is 23.2 Å². The molecule has 0 saturated carbocycles. The fourth-order valence-electron chi connectivity index (χ4n) is 3.54.